The van der Waals surface area contributed by atoms with Crippen LogP contribution in [0.15, 0.2) is 35.6 Å². The van der Waals surface area contributed by atoms with E-state index in [-0.39, 0.29) is 17.2 Å². The molecule has 32 heavy (non-hydrogen) atoms. The van der Waals surface area contributed by atoms with E-state index in [1.54, 1.807) is 0 Å². The van der Waals surface area contributed by atoms with Gasteiger partial charge in [-0.1, -0.05) is 12.0 Å². The average molecular weight is 458 g/mol. The van der Waals surface area contributed by atoms with Crippen LogP contribution in [-0.4, -0.2) is 41.5 Å². The maximum Gasteiger partial charge on any atom is 0.239 e. The fourth-order valence-corrected chi connectivity index (χ4v) is 4.72. The van der Waals surface area contributed by atoms with E-state index in [0.717, 1.165) is 23.2 Å². The van der Waals surface area contributed by atoms with Gasteiger partial charge in [0.2, 0.25) is 16.0 Å². The van der Waals surface area contributed by atoms with Gasteiger partial charge in [0.25, 0.3) is 0 Å². The molecule has 4 rings (SSSR count). The number of aromatic nitrogens is 2. The van der Waals surface area contributed by atoms with E-state index in [1.165, 1.54) is 44.6 Å². The number of hydrogen-bond acceptors (Lipinski definition) is 6. The molecule has 0 saturated heterocycles. The predicted octanol–water partition coefficient (Wildman–Crippen LogP) is 2.65. The molecule has 0 radical (unpaired) electrons. The Labute approximate surface area is 185 Å². The topological polar surface area (TPSA) is 102 Å². The standard InChI is InChI=1S/C22H21F2N5O2S/c1-22(13-32(30,31)29(2)21(25)28-22)17-9-15(6-8-18(17)23)10-19(24)20-12-26-16(11-27-20)7-5-14-3-4-14/h6,8-12,14H,3-4,13H2,1-2H3,(H2,25,28)/b19-10-/t22-/m0/s1. The number of aliphatic imine (C=N–C) groups is 1. The number of sulfonamides is 1. The molecule has 1 aromatic heterocycles. The van der Waals surface area contributed by atoms with Crippen LogP contribution in [0, 0.1) is 23.6 Å². The van der Waals surface area contributed by atoms with E-state index < -0.39 is 33.0 Å². The van der Waals surface area contributed by atoms with Gasteiger partial charge in [-0.25, -0.2) is 36.5 Å². The summed E-state index contributed by atoms with van der Waals surface area (Å²) in [5, 5.41) is 0. The summed E-state index contributed by atoms with van der Waals surface area (Å²) >= 11 is 0. The van der Waals surface area contributed by atoms with E-state index in [2.05, 4.69) is 26.8 Å². The van der Waals surface area contributed by atoms with Gasteiger partial charge >= 0.3 is 0 Å². The number of nitrogens with zero attached hydrogens (tertiary/aromatic N) is 4. The first-order valence-electron chi connectivity index (χ1n) is 9.90. The Morgan fingerprint density at radius 3 is 2.69 bits per heavy atom. The van der Waals surface area contributed by atoms with Crippen LogP contribution in [0.1, 0.15) is 42.3 Å². The lowest BCUT2D eigenvalue weighted by atomic mass is 9.92. The van der Waals surface area contributed by atoms with Crippen LogP contribution in [0.5, 0.6) is 0 Å². The van der Waals surface area contributed by atoms with Gasteiger partial charge in [0, 0.05) is 18.5 Å². The number of rotatable bonds is 3. The van der Waals surface area contributed by atoms with Crippen molar-refractivity contribution >= 4 is 27.9 Å². The quantitative estimate of drug-likeness (QED) is 0.714. The summed E-state index contributed by atoms with van der Waals surface area (Å²) in [6.07, 6.45) is 6.03. The molecule has 1 aromatic carbocycles. The Morgan fingerprint density at radius 2 is 2.06 bits per heavy atom. The molecule has 7 nitrogen and oxygen atoms in total. The van der Waals surface area contributed by atoms with Crippen LogP contribution in [0.4, 0.5) is 8.78 Å². The number of nitrogens with two attached hydrogens (primary N) is 1. The smallest absolute Gasteiger partial charge is 0.239 e. The summed E-state index contributed by atoms with van der Waals surface area (Å²) in [6, 6.07) is 3.87. The zero-order chi connectivity index (χ0) is 23.1. The Bertz CT molecular complexity index is 1290. The second kappa shape index (κ2) is 7.98. The minimum Gasteiger partial charge on any atom is -0.369 e. The molecule has 0 spiro atoms. The van der Waals surface area contributed by atoms with Crippen LogP contribution >= 0.6 is 0 Å². The summed E-state index contributed by atoms with van der Waals surface area (Å²) in [4.78, 5) is 12.4. The summed E-state index contributed by atoms with van der Waals surface area (Å²) in [6.45, 7) is 1.47. The highest BCUT2D eigenvalue weighted by Crippen LogP contribution is 2.34. The molecule has 0 amide bonds. The molecule has 1 aliphatic heterocycles. The van der Waals surface area contributed by atoms with Crippen molar-refractivity contribution in [3.63, 3.8) is 0 Å². The van der Waals surface area contributed by atoms with E-state index in [1.807, 2.05) is 0 Å². The van der Waals surface area contributed by atoms with Crippen LogP contribution in [0.25, 0.3) is 11.9 Å². The van der Waals surface area contributed by atoms with Crippen molar-refractivity contribution in [3.8, 4) is 11.8 Å². The summed E-state index contributed by atoms with van der Waals surface area (Å²) in [5.74, 6) is 4.32. The second-order valence-electron chi connectivity index (χ2n) is 8.03. The van der Waals surface area contributed by atoms with Crippen LogP contribution < -0.4 is 5.73 Å². The number of hydrogen-bond donors (Lipinski definition) is 1. The average Bonchev–Trinajstić information content (AvgIpc) is 3.56. The minimum atomic E-state index is -3.78. The van der Waals surface area contributed by atoms with Gasteiger partial charge in [0.05, 0.1) is 18.1 Å². The molecule has 10 heteroatoms. The monoisotopic (exact) mass is 457 g/mol. The molecule has 1 fully saturated rings. The molecule has 1 saturated carbocycles. The van der Waals surface area contributed by atoms with Crippen molar-refractivity contribution in [2.45, 2.75) is 25.3 Å². The highest BCUT2D eigenvalue weighted by Gasteiger charge is 2.41. The van der Waals surface area contributed by atoms with Crippen molar-refractivity contribution in [2.24, 2.45) is 16.6 Å². The molecule has 0 bridgehead atoms. The summed E-state index contributed by atoms with van der Waals surface area (Å²) < 4.78 is 55.1. The molecule has 2 N–H and O–H groups in total. The molecule has 1 atom stereocenters. The fourth-order valence-electron chi connectivity index (χ4n) is 3.27. The zero-order valence-corrected chi connectivity index (χ0v) is 18.3. The first-order valence-corrected chi connectivity index (χ1v) is 11.5. The summed E-state index contributed by atoms with van der Waals surface area (Å²) in [7, 11) is -2.50. The van der Waals surface area contributed by atoms with E-state index in [0.29, 0.717) is 17.2 Å². The highest BCUT2D eigenvalue weighted by molar-refractivity contribution is 7.89. The molecule has 1 aliphatic carbocycles. The van der Waals surface area contributed by atoms with Crippen molar-refractivity contribution in [2.75, 3.05) is 12.8 Å². The van der Waals surface area contributed by atoms with Crippen molar-refractivity contribution in [3.05, 3.63) is 58.9 Å². The van der Waals surface area contributed by atoms with Crippen LogP contribution in [0.3, 0.4) is 0 Å². The van der Waals surface area contributed by atoms with Gasteiger partial charge in [0.15, 0.2) is 5.83 Å². The molecular formula is C22H21F2N5O2S. The SMILES string of the molecule is CN1C(N)=N[C@](C)(c2cc(/C=C(\F)c3cnc(C#CC4CC4)cn3)ccc2F)CS1(=O)=O. The summed E-state index contributed by atoms with van der Waals surface area (Å²) in [5.41, 5.74) is 5.06. The lowest BCUT2D eigenvalue weighted by Crippen LogP contribution is -2.50. The Hall–Kier alpha value is -3.32. The number of halogens is 2. The van der Waals surface area contributed by atoms with Crippen LogP contribution in [-0.2, 0) is 15.6 Å². The van der Waals surface area contributed by atoms with E-state index in [4.69, 9.17) is 5.73 Å². The third-order valence-corrected chi connectivity index (χ3v) is 7.26. The molecule has 166 valence electrons. The largest absolute Gasteiger partial charge is 0.369 e. The van der Waals surface area contributed by atoms with Crippen molar-refractivity contribution in [1.82, 2.24) is 14.3 Å². The second-order valence-corrected chi connectivity index (χ2v) is 10.0. The van der Waals surface area contributed by atoms with Gasteiger partial charge in [-0.15, -0.1) is 0 Å². The Morgan fingerprint density at radius 1 is 1.31 bits per heavy atom. The maximum atomic E-state index is 14.8. The first-order chi connectivity index (χ1) is 15.1. The van der Waals surface area contributed by atoms with Crippen molar-refractivity contribution in [1.29, 1.82) is 0 Å². The number of guanidine groups is 1. The lowest BCUT2D eigenvalue weighted by molar-refractivity contribution is 0.458. The lowest BCUT2D eigenvalue weighted by Gasteiger charge is -2.34. The molecule has 2 heterocycles. The predicted molar refractivity (Wildman–Crippen MR) is 118 cm³/mol. The van der Waals surface area contributed by atoms with E-state index >= 15 is 0 Å². The Balaban J connectivity index is 1.64. The Kier molecular flexibility index (Phi) is 5.46. The zero-order valence-electron chi connectivity index (χ0n) is 17.5. The van der Waals surface area contributed by atoms with Gasteiger partial charge in [-0.3, -0.25) is 0 Å². The molecule has 0 unspecified atom stereocenters. The number of benzene rings is 1. The van der Waals surface area contributed by atoms with Crippen molar-refractivity contribution < 1.29 is 17.2 Å². The minimum absolute atomic E-state index is 0.00296. The van der Waals surface area contributed by atoms with Gasteiger partial charge in [-0.2, -0.15) is 0 Å². The van der Waals surface area contributed by atoms with Crippen LogP contribution in [0.2, 0.25) is 0 Å². The fraction of sp³-hybridized carbons (Fsp3) is 0.318. The van der Waals surface area contributed by atoms with Gasteiger partial charge < -0.3 is 5.73 Å². The first kappa shape index (κ1) is 21.9. The molecule has 2 aromatic rings. The van der Waals surface area contributed by atoms with E-state index in [9.17, 15) is 17.2 Å². The normalized spacial score (nSPS) is 22.7. The third kappa shape index (κ3) is 4.48. The van der Waals surface area contributed by atoms with Gasteiger partial charge in [-0.05, 0) is 49.5 Å². The maximum absolute atomic E-state index is 14.8. The highest BCUT2D eigenvalue weighted by atomic mass is 32.2. The third-order valence-electron chi connectivity index (χ3n) is 5.31. The molecule has 2 aliphatic rings. The van der Waals surface area contributed by atoms with Gasteiger partial charge in [0.1, 0.15) is 22.7 Å². The molecular weight excluding hydrogens is 436 g/mol.